The Bertz CT molecular complexity index is 354. The lowest BCUT2D eigenvalue weighted by Gasteiger charge is -2.28. The lowest BCUT2D eigenvalue weighted by molar-refractivity contribution is 0.0512. The third-order valence-corrected chi connectivity index (χ3v) is 3.05. The monoisotopic (exact) mass is 297 g/mol. The molecular weight excluding hydrogens is 266 g/mol. The molecule has 0 saturated carbocycles. The fourth-order valence-electron chi connectivity index (χ4n) is 1.91. The van der Waals surface area contributed by atoms with Crippen LogP contribution >= 0.6 is 0 Å². The van der Waals surface area contributed by atoms with Gasteiger partial charge in [0.2, 0.25) is 0 Å². The van der Waals surface area contributed by atoms with Crippen LogP contribution in [0.15, 0.2) is 0 Å². The number of ether oxygens (including phenoxy) is 1. The minimum atomic E-state index is -0.512. The molecule has 0 heterocycles. The van der Waals surface area contributed by atoms with Gasteiger partial charge in [-0.3, -0.25) is 0 Å². The van der Waals surface area contributed by atoms with E-state index in [4.69, 9.17) is 4.74 Å². The largest absolute Gasteiger partial charge is 0.444 e. The smallest absolute Gasteiger partial charge is 0.407 e. The van der Waals surface area contributed by atoms with Crippen molar-refractivity contribution in [3.8, 4) is 6.07 Å². The van der Waals surface area contributed by atoms with Crippen LogP contribution in [0, 0.1) is 29.1 Å². The van der Waals surface area contributed by atoms with Gasteiger partial charge < -0.3 is 15.4 Å². The van der Waals surface area contributed by atoms with E-state index in [1.165, 1.54) is 0 Å². The summed E-state index contributed by atoms with van der Waals surface area (Å²) in [7, 11) is 0. The molecule has 0 aromatic carbocycles. The number of hydrogen-bond acceptors (Lipinski definition) is 4. The van der Waals surface area contributed by atoms with E-state index in [1.807, 2.05) is 20.8 Å². The molecule has 0 fully saturated rings. The van der Waals surface area contributed by atoms with Gasteiger partial charge in [0.05, 0.1) is 6.07 Å². The third kappa shape index (κ3) is 9.30. The van der Waals surface area contributed by atoms with Gasteiger partial charge in [-0.2, -0.15) is 5.26 Å². The molecule has 2 unspecified atom stereocenters. The standard InChI is InChI=1S/C16H31N3O2/c1-11(2)9-18-14(8-17)13(12(3)4)10-19-15(20)21-16(5,6)7/h11-14,18H,9-10H2,1-7H3,(H,19,20). The van der Waals surface area contributed by atoms with Crippen LogP contribution in [-0.2, 0) is 4.74 Å². The van der Waals surface area contributed by atoms with Crippen LogP contribution in [0.4, 0.5) is 4.79 Å². The molecule has 5 nitrogen and oxygen atoms in total. The molecule has 0 aliphatic heterocycles. The molecule has 0 saturated heterocycles. The number of amides is 1. The fourth-order valence-corrected chi connectivity index (χ4v) is 1.91. The van der Waals surface area contributed by atoms with Gasteiger partial charge in [0.15, 0.2) is 0 Å². The number of rotatable bonds is 7. The normalized spacial score (nSPS) is 14.7. The van der Waals surface area contributed by atoms with Crippen LogP contribution in [-0.4, -0.2) is 30.8 Å². The molecular formula is C16H31N3O2. The summed E-state index contributed by atoms with van der Waals surface area (Å²) in [5.74, 6) is 0.804. The summed E-state index contributed by atoms with van der Waals surface area (Å²) in [5.41, 5.74) is -0.512. The molecule has 1 amide bonds. The molecule has 0 aromatic heterocycles. The SMILES string of the molecule is CC(C)CNC(C#N)C(CNC(=O)OC(C)(C)C)C(C)C. The van der Waals surface area contributed by atoms with E-state index in [-0.39, 0.29) is 17.9 Å². The van der Waals surface area contributed by atoms with E-state index in [2.05, 4.69) is 44.4 Å². The van der Waals surface area contributed by atoms with Crippen molar-refractivity contribution >= 4 is 6.09 Å². The maximum atomic E-state index is 11.7. The topological polar surface area (TPSA) is 74.2 Å². The van der Waals surface area contributed by atoms with Gasteiger partial charge in [0.1, 0.15) is 11.6 Å². The maximum Gasteiger partial charge on any atom is 0.407 e. The molecule has 0 spiro atoms. The van der Waals surface area contributed by atoms with E-state index in [1.54, 1.807) is 0 Å². The molecule has 0 bridgehead atoms. The van der Waals surface area contributed by atoms with E-state index in [9.17, 15) is 10.1 Å². The molecule has 5 heteroatoms. The van der Waals surface area contributed by atoms with Crippen molar-refractivity contribution in [2.24, 2.45) is 17.8 Å². The van der Waals surface area contributed by atoms with Gasteiger partial charge in [-0.1, -0.05) is 27.7 Å². The molecule has 0 aliphatic carbocycles. The Morgan fingerprint density at radius 2 is 1.76 bits per heavy atom. The molecule has 0 radical (unpaired) electrons. The fraction of sp³-hybridized carbons (Fsp3) is 0.875. The predicted octanol–water partition coefficient (Wildman–Crippen LogP) is 2.92. The molecule has 2 N–H and O–H groups in total. The second-order valence-corrected chi connectivity index (χ2v) is 7.20. The average molecular weight is 297 g/mol. The Balaban J connectivity index is 4.54. The molecule has 0 aliphatic rings. The van der Waals surface area contributed by atoms with Crippen LogP contribution in [0.1, 0.15) is 48.5 Å². The van der Waals surface area contributed by atoms with Gasteiger partial charge in [0.25, 0.3) is 0 Å². The van der Waals surface area contributed by atoms with Gasteiger partial charge in [-0.05, 0) is 39.2 Å². The first-order valence-corrected chi connectivity index (χ1v) is 7.66. The number of nitrogens with one attached hydrogen (secondary N) is 2. The zero-order valence-electron chi connectivity index (χ0n) is 14.5. The number of carbonyl (C=O) groups excluding carboxylic acids is 1. The number of carbonyl (C=O) groups is 1. The van der Waals surface area contributed by atoms with E-state index in [0.29, 0.717) is 12.5 Å². The zero-order chi connectivity index (χ0) is 16.6. The number of nitrogens with zero attached hydrogens (tertiary/aromatic N) is 1. The van der Waals surface area contributed by atoms with Crippen molar-refractivity contribution in [1.82, 2.24) is 10.6 Å². The van der Waals surface area contributed by atoms with E-state index < -0.39 is 11.7 Å². The molecule has 21 heavy (non-hydrogen) atoms. The summed E-state index contributed by atoms with van der Waals surface area (Å²) in [5, 5.41) is 15.4. The van der Waals surface area contributed by atoms with Gasteiger partial charge in [-0.15, -0.1) is 0 Å². The highest BCUT2D eigenvalue weighted by Gasteiger charge is 2.26. The Labute approximate surface area is 129 Å². The van der Waals surface area contributed by atoms with Crippen molar-refractivity contribution < 1.29 is 9.53 Å². The third-order valence-electron chi connectivity index (χ3n) is 3.05. The summed E-state index contributed by atoms with van der Waals surface area (Å²) < 4.78 is 5.23. The van der Waals surface area contributed by atoms with Crippen molar-refractivity contribution in [1.29, 1.82) is 5.26 Å². The Morgan fingerprint density at radius 1 is 1.19 bits per heavy atom. The Kier molecular flexibility index (Phi) is 8.34. The molecule has 0 rings (SSSR count). The van der Waals surface area contributed by atoms with Crippen LogP contribution < -0.4 is 10.6 Å². The van der Waals surface area contributed by atoms with Crippen LogP contribution in [0.5, 0.6) is 0 Å². The highest BCUT2D eigenvalue weighted by atomic mass is 16.6. The molecule has 2 atom stereocenters. The van der Waals surface area contributed by atoms with E-state index in [0.717, 1.165) is 6.54 Å². The number of hydrogen-bond donors (Lipinski definition) is 2. The lowest BCUT2D eigenvalue weighted by Crippen LogP contribution is -2.45. The Morgan fingerprint density at radius 3 is 2.14 bits per heavy atom. The number of nitriles is 1. The highest BCUT2D eigenvalue weighted by molar-refractivity contribution is 5.67. The second kappa shape index (κ2) is 8.89. The van der Waals surface area contributed by atoms with Crippen molar-refractivity contribution in [2.75, 3.05) is 13.1 Å². The van der Waals surface area contributed by atoms with Crippen LogP contribution in [0.3, 0.4) is 0 Å². The minimum Gasteiger partial charge on any atom is -0.444 e. The summed E-state index contributed by atoms with van der Waals surface area (Å²) in [6.07, 6.45) is -0.436. The highest BCUT2D eigenvalue weighted by Crippen LogP contribution is 2.15. The summed E-state index contributed by atoms with van der Waals surface area (Å²) in [6, 6.07) is 2.03. The first kappa shape index (κ1) is 19.7. The van der Waals surface area contributed by atoms with Crippen molar-refractivity contribution in [3.05, 3.63) is 0 Å². The lowest BCUT2D eigenvalue weighted by atomic mass is 9.88. The first-order chi connectivity index (χ1) is 9.56. The van der Waals surface area contributed by atoms with E-state index >= 15 is 0 Å². The molecule has 122 valence electrons. The summed E-state index contributed by atoms with van der Waals surface area (Å²) in [6.45, 7) is 15.0. The van der Waals surface area contributed by atoms with Crippen LogP contribution in [0.25, 0.3) is 0 Å². The molecule has 0 aromatic rings. The second-order valence-electron chi connectivity index (χ2n) is 7.20. The maximum absolute atomic E-state index is 11.7. The summed E-state index contributed by atoms with van der Waals surface area (Å²) in [4.78, 5) is 11.7. The Hall–Kier alpha value is -1.28. The van der Waals surface area contributed by atoms with Gasteiger partial charge in [0, 0.05) is 12.5 Å². The summed E-state index contributed by atoms with van der Waals surface area (Å²) >= 11 is 0. The zero-order valence-corrected chi connectivity index (χ0v) is 14.5. The predicted molar refractivity (Wildman–Crippen MR) is 84.8 cm³/mol. The van der Waals surface area contributed by atoms with Crippen molar-refractivity contribution in [3.63, 3.8) is 0 Å². The first-order valence-electron chi connectivity index (χ1n) is 7.66. The van der Waals surface area contributed by atoms with Crippen molar-refractivity contribution in [2.45, 2.75) is 60.1 Å². The van der Waals surface area contributed by atoms with Gasteiger partial charge >= 0.3 is 6.09 Å². The van der Waals surface area contributed by atoms with Crippen LogP contribution in [0.2, 0.25) is 0 Å². The average Bonchev–Trinajstić information content (AvgIpc) is 2.30. The number of alkyl carbamates (subject to hydrolysis) is 1. The minimum absolute atomic E-state index is 0.0428. The quantitative estimate of drug-likeness (QED) is 0.757. The van der Waals surface area contributed by atoms with Gasteiger partial charge in [-0.25, -0.2) is 4.79 Å².